The normalized spacial score (nSPS) is 11.8. The van der Waals surface area contributed by atoms with Crippen molar-refractivity contribution in [2.75, 3.05) is 6.54 Å². The Hall–Kier alpha value is -3.35. The van der Waals surface area contributed by atoms with Crippen molar-refractivity contribution >= 4 is 18.0 Å². The van der Waals surface area contributed by atoms with E-state index in [0.717, 1.165) is 5.56 Å². The Kier molecular flexibility index (Phi) is 7.77. The molecule has 0 radical (unpaired) electrons. The van der Waals surface area contributed by atoms with E-state index in [1.165, 1.54) is 0 Å². The number of nitrogens with one attached hydrogen (secondary N) is 2. The van der Waals surface area contributed by atoms with Gasteiger partial charge in [0.15, 0.2) is 6.04 Å². The third kappa shape index (κ3) is 8.04. The SMILES string of the molecule is CC(C)(C)OC(=O)NCC(=O)N[C@H](C(=O)OCc1ccccc1)c1ccccc1. The van der Waals surface area contributed by atoms with Crippen molar-refractivity contribution in [3.63, 3.8) is 0 Å². The Morgan fingerprint density at radius 1 is 0.931 bits per heavy atom. The lowest BCUT2D eigenvalue weighted by molar-refractivity contribution is -0.149. The molecule has 2 rings (SSSR count). The molecule has 2 aromatic rings. The number of amides is 2. The molecule has 0 spiro atoms. The van der Waals surface area contributed by atoms with Gasteiger partial charge in [-0.2, -0.15) is 0 Å². The van der Waals surface area contributed by atoms with Gasteiger partial charge in [0.25, 0.3) is 0 Å². The van der Waals surface area contributed by atoms with Crippen molar-refractivity contribution in [1.82, 2.24) is 10.6 Å². The standard InChI is InChI=1S/C22H26N2O5/c1-22(2,3)29-21(27)23-14-18(25)24-19(17-12-8-5-9-13-17)20(26)28-15-16-10-6-4-7-11-16/h4-13,19H,14-15H2,1-3H3,(H,23,27)(H,24,25)/t19-/m0/s1. The van der Waals surface area contributed by atoms with Crippen molar-refractivity contribution < 1.29 is 23.9 Å². The molecule has 0 aliphatic rings. The van der Waals surface area contributed by atoms with Crippen LogP contribution >= 0.6 is 0 Å². The van der Waals surface area contributed by atoms with Crippen LogP contribution in [0.25, 0.3) is 0 Å². The maximum Gasteiger partial charge on any atom is 0.408 e. The smallest absolute Gasteiger partial charge is 0.408 e. The summed E-state index contributed by atoms with van der Waals surface area (Å²) in [5.74, 6) is -1.13. The zero-order chi connectivity index (χ0) is 21.3. The van der Waals surface area contributed by atoms with E-state index in [4.69, 9.17) is 9.47 Å². The van der Waals surface area contributed by atoms with E-state index in [0.29, 0.717) is 5.56 Å². The third-order valence-electron chi connectivity index (χ3n) is 3.69. The van der Waals surface area contributed by atoms with Crippen LogP contribution in [-0.4, -0.2) is 30.1 Å². The van der Waals surface area contributed by atoms with Gasteiger partial charge in [0.05, 0.1) is 0 Å². The predicted octanol–water partition coefficient (Wildman–Crippen LogP) is 3.11. The Morgan fingerprint density at radius 2 is 1.52 bits per heavy atom. The Bertz CT molecular complexity index is 816. The Morgan fingerprint density at radius 3 is 2.10 bits per heavy atom. The van der Waals surface area contributed by atoms with E-state index >= 15 is 0 Å². The van der Waals surface area contributed by atoms with Gasteiger partial charge < -0.3 is 20.1 Å². The number of carbonyl (C=O) groups excluding carboxylic acids is 3. The van der Waals surface area contributed by atoms with Crippen LogP contribution in [0.3, 0.4) is 0 Å². The van der Waals surface area contributed by atoms with Gasteiger partial charge in [-0.1, -0.05) is 60.7 Å². The van der Waals surface area contributed by atoms with Crippen LogP contribution in [0.4, 0.5) is 4.79 Å². The van der Waals surface area contributed by atoms with E-state index in [2.05, 4.69) is 10.6 Å². The topological polar surface area (TPSA) is 93.7 Å². The molecule has 7 nitrogen and oxygen atoms in total. The number of hydrogen-bond acceptors (Lipinski definition) is 5. The summed E-state index contributed by atoms with van der Waals surface area (Å²) in [5.41, 5.74) is 0.746. The van der Waals surface area contributed by atoms with Gasteiger partial charge in [-0.15, -0.1) is 0 Å². The van der Waals surface area contributed by atoms with Crippen LogP contribution in [0.2, 0.25) is 0 Å². The van der Waals surface area contributed by atoms with Gasteiger partial charge in [0.1, 0.15) is 18.8 Å². The van der Waals surface area contributed by atoms with E-state index in [-0.39, 0.29) is 13.2 Å². The second kappa shape index (κ2) is 10.3. The van der Waals surface area contributed by atoms with Gasteiger partial charge in [0.2, 0.25) is 5.91 Å². The quantitative estimate of drug-likeness (QED) is 0.699. The first kappa shape index (κ1) is 21.9. The Labute approximate surface area is 170 Å². The molecule has 2 aromatic carbocycles. The van der Waals surface area contributed by atoms with Gasteiger partial charge in [0, 0.05) is 0 Å². The van der Waals surface area contributed by atoms with Crippen molar-refractivity contribution in [3.8, 4) is 0 Å². The number of hydrogen-bond donors (Lipinski definition) is 2. The first-order valence-electron chi connectivity index (χ1n) is 9.26. The van der Waals surface area contributed by atoms with Gasteiger partial charge in [-0.05, 0) is 31.9 Å². The summed E-state index contributed by atoms with van der Waals surface area (Å²) in [4.78, 5) is 36.6. The van der Waals surface area contributed by atoms with E-state index in [9.17, 15) is 14.4 Å². The molecule has 7 heteroatoms. The molecule has 1 atom stereocenters. The van der Waals surface area contributed by atoms with Crippen molar-refractivity contribution in [3.05, 3.63) is 71.8 Å². The molecule has 0 aromatic heterocycles. The highest BCUT2D eigenvalue weighted by molar-refractivity contribution is 5.88. The summed E-state index contributed by atoms with van der Waals surface area (Å²) in [6.45, 7) is 4.93. The number of benzene rings is 2. The molecule has 0 bridgehead atoms. The third-order valence-corrected chi connectivity index (χ3v) is 3.69. The minimum absolute atomic E-state index is 0.0923. The van der Waals surface area contributed by atoms with Crippen molar-refractivity contribution in [1.29, 1.82) is 0 Å². The summed E-state index contributed by atoms with van der Waals surface area (Å²) in [6.07, 6.45) is -0.712. The minimum Gasteiger partial charge on any atom is -0.459 e. The number of esters is 1. The zero-order valence-electron chi connectivity index (χ0n) is 16.8. The molecule has 0 fully saturated rings. The average Bonchev–Trinajstić information content (AvgIpc) is 2.69. The lowest BCUT2D eigenvalue weighted by atomic mass is 10.1. The molecule has 154 valence electrons. The lowest BCUT2D eigenvalue weighted by Crippen LogP contribution is -2.42. The maximum atomic E-state index is 12.6. The monoisotopic (exact) mass is 398 g/mol. The second-order valence-electron chi connectivity index (χ2n) is 7.36. The van der Waals surface area contributed by atoms with Crippen LogP contribution in [-0.2, 0) is 25.7 Å². The summed E-state index contributed by atoms with van der Waals surface area (Å²) in [5, 5.41) is 4.97. The van der Waals surface area contributed by atoms with E-state index in [1.807, 2.05) is 36.4 Å². The highest BCUT2D eigenvalue weighted by Crippen LogP contribution is 2.15. The second-order valence-corrected chi connectivity index (χ2v) is 7.36. The van der Waals surface area contributed by atoms with Crippen LogP contribution in [0.5, 0.6) is 0 Å². The maximum absolute atomic E-state index is 12.6. The highest BCUT2D eigenvalue weighted by Gasteiger charge is 2.25. The first-order chi connectivity index (χ1) is 13.7. The van der Waals surface area contributed by atoms with Gasteiger partial charge in [-0.3, -0.25) is 4.79 Å². The van der Waals surface area contributed by atoms with Gasteiger partial charge in [-0.25, -0.2) is 9.59 Å². The summed E-state index contributed by atoms with van der Waals surface area (Å²) >= 11 is 0. The molecule has 0 saturated carbocycles. The summed E-state index contributed by atoms with van der Waals surface area (Å²) in [6, 6.07) is 17.0. The van der Waals surface area contributed by atoms with Crippen molar-refractivity contribution in [2.24, 2.45) is 0 Å². The highest BCUT2D eigenvalue weighted by atomic mass is 16.6. The summed E-state index contributed by atoms with van der Waals surface area (Å²) < 4.78 is 10.5. The molecule has 0 heterocycles. The van der Waals surface area contributed by atoms with Crippen LogP contribution in [0.15, 0.2) is 60.7 Å². The molecular weight excluding hydrogens is 372 g/mol. The Balaban J connectivity index is 1.98. The number of ether oxygens (including phenoxy) is 2. The number of rotatable bonds is 7. The largest absolute Gasteiger partial charge is 0.459 e. The predicted molar refractivity (Wildman–Crippen MR) is 108 cm³/mol. The molecule has 0 unspecified atom stereocenters. The van der Waals surface area contributed by atoms with E-state index < -0.39 is 29.6 Å². The molecule has 0 saturated heterocycles. The molecule has 2 N–H and O–H groups in total. The average molecular weight is 398 g/mol. The first-order valence-corrected chi connectivity index (χ1v) is 9.26. The van der Waals surface area contributed by atoms with Crippen LogP contribution in [0, 0.1) is 0 Å². The fourth-order valence-corrected chi connectivity index (χ4v) is 2.41. The fraction of sp³-hybridized carbons (Fsp3) is 0.318. The van der Waals surface area contributed by atoms with Crippen LogP contribution < -0.4 is 10.6 Å². The minimum atomic E-state index is -0.993. The lowest BCUT2D eigenvalue weighted by Gasteiger charge is -2.20. The molecule has 2 amide bonds. The molecule has 0 aliphatic heterocycles. The number of alkyl carbamates (subject to hydrolysis) is 1. The number of carbonyl (C=O) groups is 3. The zero-order valence-corrected chi connectivity index (χ0v) is 16.8. The molecule has 0 aliphatic carbocycles. The molecule has 29 heavy (non-hydrogen) atoms. The summed E-state index contributed by atoms with van der Waals surface area (Å²) in [7, 11) is 0. The van der Waals surface area contributed by atoms with E-state index in [1.54, 1.807) is 45.0 Å². The fourth-order valence-electron chi connectivity index (χ4n) is 2.41. The molecular formula is C22H26N2O5. The van der Waals surface area contributed by atoms with Crippen LogP contribution in [0.1, 0.15) is 37.9 Å². The van der Waals surface area contributed by atoms with Gasteiger partial charge >= 0.3 is 12.1 Å². The van der Waals surface area contributed by atoms with Crippen molar-refractivity contribution in [2.45, 2.75) is 39.0 Å².